The summed E-state index contributed by atoms with van der Waals surface area (Å²) in [6, 6.07) is 17.6. The standard InChI is InChI=1S/C15H13BrO/c16-14-9-5-4-8-13(14)15(17)11-10-12-6-2-1-3-7-12/h1-11,15,17H/b11-10+. The molecule has 2 heteroatoms. The van der Waals surface area contributed by atoms with Crippen LogP contribution < -0.4 is 0 Å². The largest absolute Gasteiger partial charge is 0.384 e. The van der Waals surface area contributed by atoms with E-state index in [9.17, 15) is 5.11 Å². The number of rotatable bonds is 3. The van der Waals surface area contributed by atoms with Crippen LogP contribution in [0.2, 0.25) is 0 Å². The van der Waals surface area contributed by atoms with Crippen LogP contribution in [-0.4, -0.2) is 5.11 Å². The molecule has 1 unspecified atom stereocenters. The average molecular weight is 289 g/mol. The smallest absolute Gasteiger partial charge is 0.0985 e. The molecule has 17 heavy (non-hydrogen) atoms. The van der Waals surface area contributed by atoms with Gasteiger partial charge in [0.25, 0.3) is 0 Å². The Morgan fingerprint density at radius 1 is 0.941 bits per heavy atom. The second kappa shape index (κ2) is 5.80. The molecule has 0 amide bonds. The summed E-state index contributed by atoms with van der Waals surface area (Å²) in [6.45, 7) is 0. The fourth-order valence-corrected chi connectivity index (χ4v) is 2.10. The maximum Gasteiger partial charge on any atom is 0.0985 e. The molecule has 1 atom stereocenters. The molecule has 0 aromatic heterocycles. The highest BCUT2D eigenvalue weighted by Gasteiger charge is 2.06. The lowest BCUT2D eigenvalue weighted by atomic mass is 10.1. The summed E-state index contributed by atoms with van der Waals surface area (Å²) in [7, 11) is 0. The molecule has 0 fully saturated rings. The zero-order valence-corrected chi connectivity index (χ0v) is 10.8. The van der Waals surface area contributed by atoms with E-state index in [-0.39, 0.29) is 0 Å². The second-order valence-corrected chi connectivity index (χ2v) is 4.59. The van der Waals surface area contributed by atoms with Crippen molar-refractivity contribution in [2.45, 2.75) is 6.10 Å². The summed E-state index contributed by atoms with van der Waals surface area (Å²) in [6.07, 6.45) is 3.12. The van der Waals surface area contributed by atoms with Crippen LogP contribution in [0.3, 0.4) is 0 Å². The number of aliphatic hydroxyl groups excluding tert-OH is 1. The van der Waals surface area contributed by atoms with Gasteiger partial charge in [-0.2, -0.15) is 0 Å². The summed E-state index contributed by atoms with van der Waals surface area (Å²) in [5, 5.41) is 10.0. The van der Waals surface area contributed by atoms with Crippen LogP contribution in [0.25, 0.3) is 6.08 Å². The molecular formula is C15H13BrO. The van der Waals surface area contributed by atoms with Crippen LogP contribution in [0.5, 0.6) is 0 Å². The minimum Gasteiger partial charge on any atom is -0.384 e. The van der Waals surface area contributed by atoms with Gasteiger partial charge in [-0.15, -0.1) is 0 Å². The van der Waals surface area contributed by atoms with Crippen molar-refractivity contribution in [3.63, 3.8) is 0 Å². The van der Waals surface area contributed by atoms with Gasteiger partial charge < -0.3 is 5.11 Å². The molecule has 86 valence electrons. The van der Waals surface area contributed by atoms with Crippen molar-refractivity contribution in [2.24, 2.45) is 0 Å². The maximum absolute atomic E-state index is 10.0. The first-order chi connectivity index (χ1) is 8.27. The summed E-state index contributed by atoms with van der Waals surface area (Å²) < 4.78 is 0.921. The van der Waals surface area contributed by atoms with Crippen LogP contribution in [0.4, 0.5) is 0 Å². The molecule has 0 radical (unpaired) electrons. The highest BCUT2D eigenvalue weighted by molar-refractivity contribution is 9.10. The van der Waals surface area contributed by atoms with Crippen LogP contribution in [0.1, 0.15) is 17.2 Å². The predicted molar refractivity (Wildman–Crippen MR) is 74.6 cm³/mol. The molecular weight excluding hydrogens is 276 g/mol. The Labute approximate surface area is 110 Å². The van der Waals surface area contributed by atoms with E-state index in [0.29, 0.717) is 0 Å². The molecule has 0 saturated heterocycles. The first kappa shape index (κ1) is 12.1. The van der Waals surface area contributed by atoms with Crippen molar-refractivity contribution < 1.29 is 5.11 Å². The van der Waals surface area contributed by atoms with Crippen LogP contribution in [0.15, 0.2) is 65.1 Å². The van der Waals surface area contributed by atoms with E-state index in [1.54, 1.807) is 6.08 Å². The Balaban J connectivity index is 2.15. The lowest BCUT2D eigenvalue weighted by Gasteiger charge is -2.07. The van der Waals surface area contributed by atoms with Gasteiger partial charge in [-0.3, -0.25) is 0 Å². The fourth-order valence-electron chi connectivity index (χ4n) is 1.59. The highest BCUT2D eigenvalue weighted by Crippen LogP contribution is 2.24. The third kappa shape index (κ3) is 3.29. The summed E-state index contributed by atoms with van der Waals surface area (Å²) in [4.78, 5) is 0. The van der Waals surface area contributed by atoms with Gasteiger partial charge in [0.05, 0.1) is 6.10 Å². The Bertz CT molecular complexity index is 505. The Hall–Kier alpha value is -1.38. The van der Waals surface area contributed by atoms with Crippen molar-refractivity contribution in [2.75, 3.05) is 0 Å². The number of hydrogen-bond acceptors (Lipinski definition) is 1. The number of aliphatic hydroxyl groups is 1. The van der Waals surface area contributed by atoms with E-state index in [4.69, 9.17) is 0 Å². The van der Waals surface area contributed by atoms with E-state index in [2.05, 4.69) is 15.9 Å². The van der Waals surface area contributed by atoms with Gasteiger partial charge in [0.2, 0.25) is 0 Å². The monoisotopic (exact) mass is 288 g/mol. The van der Waals surface area contributed by atoms with Gasteiger partial charge in [-0.25, -0.2) is 0 Å². The SMILES string of the molecule is OC(/C=C/c1ccccc1)c1ccccc1Br. The summed E-state index contributed by atoms with van der Waals surface area (Å²) >= 11 is 3.43. The molecule has 0 spiro atoms. The van der Waals surface area contributed by atoms with E-state index in [1.807, 2.05) is 60.7 Å². The van der Waals surface area contributed by atoms with Gasteiger partial charge in [-0.05, 0) is 17.2 Å². The van der Waals surface area contributed by atoms with Crippen molar-refractivity contribution >= 4 is 22.0 Å². The minimum absolute atomic E-state index is 0.592. The average Bonchev–Trinajstić information content (AvgIpc) is 2.38. The molecule has 0 saturated carbocycles. The Morgan fingerprint density at radius 2 is 1.59 bits per heavy atom. The zero-order valence-electron chi connectivity index (χ0n) is 9.25. The quantitative estimate of drug-likeness (QED) is 0.898. The second-order valence-electron chi connectivity index (χ2n) is 3.74. The van der Waals surface area contributed by atoms with Gasteiger partial charge in [0.1, 0.15) is 0 Å². The molecule has 0 aliphatic carbocycles. The van der Waals surface area contributed by atoms with Gasteiger partial charge in [0.15, 0.2) is 0 Å². The lowest BCUT2D eigenvalue weighted by molar-refractivity contribution is 0.229. The van der Waals surface area contributed by atoms with Crippen molar-refractivity contribution in [1.29, 1.82) is 0 Å². The topological polar surface area (TPSA) is 20.2 Å². The van der Waals surface area contributed by atoms with E-state index >= 15 is 0 Å². The van der Waals surface area contributed by atoms with Crippen molar-refractivity contribution in [3.8, 4) is 0 Å². The van der Waals surface area contributed by atoms with Gasteiger partial charge in [-0.1, -0.05) is 76.6 Å². The van der Waals surface area contributed by atoms with Gasteiger partial charge in [0, 0.05) is 4.47 Å². The fraction of sp³-hybridized carbons (Fsp3) is 0.0667. The highest BCUT2D eigenvalue weighted by atomic mass is 79.9. The first-order valence-corrected chi connectivity index (χ1v) is 6.22. The normalized spacial score (nSPS) is 12.8. The molecule has 0 aliphatic heterocycles. The van der Waals surface area contributed by atoms with Gasteiger partial charge >= 0.3 is 0 Å². The molecule has 2 aromatic rings. The molecule has 1 nitrogen and oxygen atoms in total. The van der Waals surface area contributed by atoms with Crippen LogP contribution >= 0.6 is 15.9 Å². The number of halogens is 1. The van der Waals surface area contributed by atoms with Crippen molar-refractivity contribution in [1.82, 2.24) is 0 Å². The van der Waals surface area contributed by atoms with E-state index in [0.717, 1.165) is 15.6 Å². The first-order valence-electron chi connectivity index (χ1n) is 5.43. The maximum atomic E-state index is 10.0. The van der Waals surface area contributed by atoms with Crippen molar-refractivity contribution in [3.05, 3.63) is 76.3 Å². The third-order valence-electron chi connectivity index (χ3n) is 2.49. The molecule has 0 bridgehead atoms. The summed E-state index contributed by atoms with van der Waals surface area (Å²) in [5.74, 6) is 0. The number of hydrogen-bond donors (Lipinski definition) is 1. The zero-order chi connectivity index (χ0) is 12.1. The minimum atomic E-state index is -0.592. The molecule has 1 N–H and O–H groups in total. The third-order valence-corrected chi connectivity index (χ3v) is 3.22. The number of benzene rings is 2. The predicted octanol–water partition coefficient (Wildman–Crippen LogP) is 4.20. The Morgan fingerprint density at radius 3 is 2.29 bits per heavy atom. The molecule has 0 aliphatic rings. The molecule has 0 heterocycles. The molecule has 2 rings (SSSR count). The van der Waals surface area contributed by atoms with Crippen LogP contribution in [-0.2, 0) is 0 Å². The molecule has 2 aromatic carbocycles. The van der Waals surface area contributed by atoms with E-state index < -0.39 is 6.10 Å². The van der Waals surface area contributed by atoms with Crippen LogP contribution in [0, 0.1) is 0 Å². The summed E-state index contributed by atoms with van der Waals surface area (Å²) in [5.41, 5.74) is 1.96. The lowest BCUT2D eigenvalue weighted by Crippen LogP contribution is -1.93. The van der Waals surface area contributed by atoms with E-state index in [1.165, 1.54) is 0 Å². The Kier molecular flexibility index (Phi) is 4.13.